The smallest absolute Gasteiger partial charge is 0.283 e. The molecule has 6 rings (SSSR count). The summed E-state index contributed by atoms with van der Waals surface area (Å²) < 4.78 is 8.85. The van der Waals surface area contributed by atoms with Gasteiger partial charge in [0.1, 0.15) is 5.75 Å². The number of hydrogen-bond acceptors (Lipinski definition) is 6. The first kappa shape index (κ1) is 26.2. The number of para-hydroxylation sites is 1. The maximum absolute atomic E-state index is 13.0. The van der Waals surface area contributed by atoms with Crippen LogP contribution in [0, 0.1) is 12.3 Å². The van der Waals surface area contributed by atoms with Crippen LogP contribution in [0.2, 0.25) is 0 Å². The van der Waals surface area contributed by atoms with Crippen molar-refractivity contribution >= 4 is 61.8 Å². The second kappa shape index (κ2) is 11.6. The average molecular weight is 566 g/mol. The summed E-state index contributed by atoms with van der Waals surface area (Å²) in [6.07, 6.45) is 4.63. The number of nitrogens with zero attached hydrogens (tertiary/aromatic N) is 4. The van der Waals surface area contributed by atoms with Crippen LogP contribution in [-0.2, 0) is 17.1 Å². The number of hydrazone groups is 1. The van der Waals surface area contributed by atoms with Gasteiger partial charge in [-0.2, -0.15) is 10.0 Å². The highest BCUT2D eigenvalue weighted by atomic mass is 32.2. The van der Waals surface area contributed by atoms with Crippen molar-refractivity contribution in [3.8, 4) is 5.75 Å². The summed E-state index contributed by atoms with van der Waals surface area (Å²) in [4.78, 5) is 17.3. The number of nitrogens with one attached hydrogen (secondary N) is 1. The fraction of sp³-hybridized carbons (Fsp3) is 0.161. The zero-order valence-electron chi connectivity index (χ0n) is 21.9. The molecule has 0 saturated heterocycles. The van der Waals surface area contributed by atoms with Gasteiger partial charge in [0.15, 0.2) is 10.2 Å². The van der Waals surface area contributed by atoms with E-state index in [0.717, 1.165) is 45.3 Å². The molecule has 1 aromatic heterocycles. The second-order valence-electron chi connectivity index (χ2n) is 9.47. The molecule has 1 amide bonds. The van der Waals surface area contributed by atoms with Gasteiger partial charge in [-0.05, 0) is 54.9 Å². The van der Waals surface area contributed by atoms with Crippen LogP contribution in [0.25, 0.3) is 17.0 Å². The van der Waals surface area contributed by atoms with Crippen LogP contribution in [0.15, 0.2) is 101 Å². The van der Waals surface area contributed by atoms with Crippen LogP contribution in [0.3, 0.4) is 0 Å². The van der Waals surface area contributed by atoms with Gasteiger partial charge < -0.3 is 9.30 Å². The topological polar surface area (TPSA) is 83.0 Å². The zero-order valence-corrected chi connectivity index (χ0v) is 23.5. The monoisotopic (exact) mass is 565 g/mol. The highest BCUT2D eigenvalue weighted by Crippen LogP contribution is 2.34. The molecule has 0 unspecified atom stereocenters. The van der Waals surface area contributed by atoms with E-state index < -0.39 is 5.91 Å². The summed E-state index contributed by atoms with van der Waals surface area (Å²) in [5.41, 5.74) is 4.56. The lowest BCUT2D eigenvalue weighted by molar-refractivity contribution is -0.114. The summed E-state index contributed by atoms with van der Waals surface area (Å²) in [5, 5.41) is 16.3. The Balaban J connectivity index is 1.18. The lowest BCUT2D eigenvalue weighted by Gasteiger charge is -2.20. The van der Waals surface area contributed by atoms with Crippen molar-refractivity contribution in [2.45, 2.75) is 25.6 Å². The van der Waals surface area contributed by atoms with Gasteiger partial charge >= 0.3 is 0 Å². The van der Waals surface area contributed by atoms with E-state index in [4.69, 9.17) is 10.1 Å². The Morgan fingerprint density at radius 3 is 2.62 bits per heavy atom. The number of carbonyl (C=O) groups is 1. The molecular weight excluding hydrogens is 539 g/mol. The van der Waals surface area contributed by atoms with Crippen molar-refractivity contribution in [2.75, 3.05) is 6.61 Å². The van der Waals surface area contributed by atoms with E-state index >= 15 is 0 Å². The van der Waals surface area contributed by atoms with E-state index in [0.29, 0.717) is 11.8 Å². The van der Waals surface area contributed by atoms with E-state index in [1.54, 1.807) is 17.8 Å². The van der Waals surface area contributed by atoms with Crippen LogP contribution in [0.4, 0.5) is 0 Å². The molecule has 2 aliphatic heterocycles. The third-order valence-corrected chi connectivity index (χ3v) is 8.71. The number of thioether (sulfide) groups is 2. The molecule has 3 heterocycles. The number of aryl methyl sites for hydroxylation is 2. The summed E-state index contributed by atoms with van der Waals surface area (Å²) in [6.45, 7) is 3.42. The molecule has 1 N–H and O–H groups in total. The van der Waals surface area contributed by atoms with Gasteiger partial charge in [0.25, 0.3) is 5.91 Å². The van der Waals surface area contributed by atoms with Gasteiger partial charge in [-0.1, -0.05) is 78.0 Å². The molecule has 3 aromatic carbocycles. The first-order valence-electron chi connectivity index (χ1n) is 13.0. The summed E-state index contributed by atoms with van der Waals surface area (Å²) in [7, 11) is 0. The van der Waals surface area contributed by atoms with Crippen molar-refractivity contribution in [1.29, 1.82) is 5.41 Å². The van der Waals surface area contributed by atoms with Crippen LogP contribution in [0.1, 0.15) is 23.1 Å². The largest absolute Gasteiger partial charge is 0.494 e. The van der Waals surface area contributed by atoms with Gasteiger partial charge in [0.05, 0.1) is 12.2 Å². The molecule has 9 heteroatoms. The number of ether oxygens (including phenoxy) is 1. The summed E-state index contributed by atoms with van der Waals surface area (Å²) >= 11 is 2.91. The molecule has 0 radical (unpaired) electrons. The number of benzene rings is 3. The minimum absolute atomic E-state index is 0.0427. The fourth-order valence-electron chi connectivity index (χ4n) is 4.54. The van der Waals surface area contributed by atoms with Crippen molar-refractivity contribution in [1.82, 2.24) is 9.58 Å². The van der Waals surface area contributed by atoms with E-state index in [1.807, 2.05) is 66.9 Å². The first-order chi connectivity index (χ1) is 19.5. The first-order valence-corrected chi connectivity index (χ1v) is 14.8. The lowest BCUT2D eigenvalue weighted by atomic mass is 10.1. The van der Waals surface area contributed by atoms with Crippen LogP contribution >= 0.6 is 23.5 Å². The van der Waals surface area contributed by atoms with Gasteiger partial charge in [-0.15, -0.1) is 5.10 Å². The molecule has 0 spiro atoms. The zero-order chi connectivity index (χ0) is 27.5. The molecule has 2 aliphatic rings. The third kappa shape index (κ3) is 5.61. The third-order valence-electron chi connectivity index (χ3n) is 6.59. The van der Waals surface area contributed by atoms with E-state index in [1.165, 1.54) is 27.9 Å². The van der Waals surface area contributed by atoms with Crippen molar-refractivity contribution in [3.63, 3.8) is 0 Å². The molecule has 0 bridgehead atoms. The van der Waals surface area contributed by atoms with Crippen LogP contribution in [-0.4, -0.2) is 37.5 Å². The molecule has 0 aliphatic carbocycles. The molecular formula is C31H27N5O2S2. The standard InChI is InChI=1S/C31H27N5O2S2/c1-21-12-14-24(15-13-21)38-17-7-16-35-19-23(25-10-5-6-11-27(25)35)18-26-28(32)36-30(33-29(26)37)40-31(34-36)39-20-22-8-3-2-4-9-22/h2-6,8-15,18-19,32H,7,16-17,20H2,1H3/b26-18-,32-28?. The Labute approximate surface area is 241 Å². The number of fused-ring (bicyclic) bond motifs is 2. The predicted molar refractivity (Wildman–Crippen MR) is 166 cm³/mol. The van der Waals surface area contributed by atoms with Crippen LogP contribution < -0.4 is 4.74 Å². The summed E-state index contributed by atoms with van der Waals surface area (Å²) in [5.74, 6) is 1.25. The van der Waals surface area contributed by atoms with Gasteiger partial charge in [0, 0.05) is 35.0 Å². The van der Waals surface area contributed by atoms with Crippen molar-refractivity contribution in [3.05, 3.63) is 107 Å². The number of amidine groups is 2. The molecule has 0 atom stereocenters. The Kier molecular flexibility index (Phi) is 7.57. The average Bonchev–Trinajstić information content (AvgIpc) is 3.55. The maximum Gasteiger partial charge on any atom is 0.283 e. The number of rotatable bonds is 8. The lowest BCUT2D eigenvalue weighted by Crippen LogP contribution is -2.35. The fourth-order valence-corrected chi connectivity index (χ4v) is 6.43. The molecule has 4 aromatic rings. The predicted octanol–water partition coefficient (Wildman–Crippen LogP) is 6.93. The van der Waals surface area contributed by atoms with Crippen molar-refractivity contribution < 1.29 is 9.53 Å². The number of aliphatic imine (C=N–C) groups is 1. The van der Waals surface area contributed by atoms with Gasteiger partial charge in [0.2, 0.25) is 5.17 Å². The van der Waals surface area contributed by atoms with Gasteiger partial charge in [-0.25, -0.2) is 0 Å². The van der Waals surface area contributed by atoms with E-state index in [-0.39, 0.29) is 11.4 Å². The SMILES string of the molecule is Cc1ccc(OCCCn2cc(/C=C3/C(=N)N4N=C(SCc5ccccc5)SC4=NC3=O)c3ccccc32)cc1. The quantitative estimate of drug-likeness (QED) is 0.185. The number of carbonyl (C=O) groups excluding carboxylic acids is 1. The Hall–Kier alpha value is -4.08. The normalized spacial score (nSPS) is 15.9. The van der Waals surface area contributed by atoms with Gasteiger partial charge in [-0.3, -0.25) is 10.2 Å². The molecule has 7 nitrogen and oxygen atoms in total. The molecule has 40 heavy (non-hydrogen) atoms. The van der Waals surface area contributed by atoms with Crippen molar-refractivity contribution in [2.24, 2.45) is 10.1 Å². The molecule has 200 valence electrons. The van der Waals surface area contributed by atoms with E-state index in [2.05, 4.69) is 39.8 Å². The number of hydrogen-bond donors (Lipinski definition) is 1. The van der Waals surface area contributed by atoms with E-state index in [9.17, 15) is 4.79 Å². The summed E-state index contributed by atoms with van der Waals surface area (Å²) in [6, 6.07) is 26.3. The van der Waals surface area contributed by atoms with Crippen LogP contribution in [0.5, 0.6) is 5.75 Å². The number of amides is 1. The Morgan fingerprint density at radius 2 is 1.80 bits per heavy atom. The second-order valence-corrected chi connectivity index (χ2v) is 11.6. The molecule has 0 saturated carbocycles. The Morgan fingerprint density at radius 1 is 1.02 bits per heavy atom. The minimum Gasteiger partial charge on any atom is -0.494 e. The minimum atomic E-state index is -0.420. The highest BCUT2D eigenvalue weighted by Gasteiger charge is 2.36. The highest BCUT2D eigenvalue weighted by molar-refractivity contribution is 8.45. The maximum atomic E-state index is 13.0. The number of aromatic nitrogens is 1. The Bertz CT molecular complexity index is 1670. The molecule has 0 fully saturated rings.